The average molecular weight is 666 g/mol. The molecular weight excluding hydrogens is 629 g/mol. The first-order valence-electron chi connectivity index (χ1n) is 14.8. The largest absolute Gasteiger partial charge is 0.497 e. The fourth-order valence-corrected chi connectivity index (χ4v) is 6.39. The predicted molar refractivity (Wildman–Crippen MR) is 178 cm³/mol. The summed E-state index contributed by atoms with van der Waals surface area (Å²) in [5.74, 6) is -0.862. The quantitative estimate of drug-likeness (QED) is 0.176. The average Bonchev–Trinajstić information content (AvgIpc) is 3.05. The summed E-state index contributed by atoms with van der Waals surface area (Å²) in [6.07, 6.45) is 0.167. The van der Waals surface area contributed by atoms with E-state index >= 15 is 0 Å². The molecule has 0 aliphatic rings. The second-order valence-corrected chi connectivity index (χ2v) is 13.5. The SMILES string of the molecule is COc1ccc(S(=O)(=O)N(CC(=O)N(Cc2ccc(F)cc2)C(Cc2ccccc2)C(=O)NCC(C)C)c2cccc(Cl)c2)cc1. The number of hydrogen-bond donors (Lipinski definition) is 1. The van der Waals surface area contributed by atoms with Gasteiger partial charge in [0.05, 0.1) is 17.7 Å². The maximum atomic E-state index is 14.4. The number of nitrogens with zero attached hydrogens (tertiary/aromatic N) is 2. The lowest BCUT2D eigenvalue weighted by atomic mass is 10.0. The van der Waals surface area contributed by atoms with Gasteiger partial charge in [0.1, 0.15) is 24.2 Å². The maximum Gasteiger partial charge on any atom is 0.264 e. The molecule has 8 nitrogen and oxygen atoms in total. The second-order valence-electron chi connectivity index (χ2n) is 11.2. The van der Waals surface area contributed by atoms with Crippen molar-refractivity contribution in [1.29, 1.82) is 0 Å². The van der Waals surface area contributed by atoms with Crippen molar-refractivity contribution in [3.05, 3.63) is 125 Å². The zero-order valence-electron chi connectivity index (χ0n) is 25.9. The molecule has 0 aliphatic carbocycles. The van der Waals surface area contributed by atoms with E-state index in [2.05, 4.69) is 5.32 Å². The number of carbonyl (C=O) groups is 2. The van der Waals surface area contributed by atoms with Gasteiger partial charge in [-0.1, -0.05) is 74.0 Å². The van der Waals surface area contributed by atoms with E-state index < -0.39 is 34.3 Å². The molecule has 11 heteroatoms. The molecule has 242 valence electrons. The number of nitrogens with one attached hydrogen (secondary N) is 1. The van der Waals surface area contributed by atoms with Crippen LogP contribution < -0.4 is 14.4 Å². The van der Waals surface area contributed by atoms with Gasteiger partial charge in [0.25, 0.3) is 10.0 Å². The van der Waals surface area contributed by atoms with Gasteiger partial charge >= 0.3 is 0 Å². The number of amides is 2. The molecule has 0 spiro atoms. The third-order valence-electron chi connectivity index (χ3n) is 7.24. The van der Waals surface area contributed by atoms with Crippen LogP contribution in [-0.2, 0) is 32.6 Å². The van der Waals surface area contributed by atoms with Crippen LogP contribution in [0.5, 0.6) is 5.75 Å². The minimum Gasteiger partial charge on any atom is -0.497 e. The number of rotatable bonds is 14. The van der Waals surface area contributed by atoms with Crippen molar-refractivity contribution in [3.63, 3.8) is 0 Å². The van der Waals surface area contributed by atoms with Gasteiger partial charge in [-0.3, -0.25) is 13.9 Å². The molecule has 0 bridgehead atoms. The first kappa shape index (κ1) is 34.5. The van der Waals surface area contributed by atoms with Gasteiger partial charge in [-0.05, 0) is 71.6 Å². The van der Waals surface area contributed by atoms with Gasteiger partial charge in [0, 0.05) is 24.5 Å². The Labute approximate surface area is 274 Å². The molecule has 1 atom stereocenters. The first-order chi connectivity index (χ1) is 22.0. The van der Waals surface area contributed by atoms with E-state index in [-0.39, 0.29) is 40.4 Å². The van der Waals surface area contributed by atoms with Crippen molar-refractivity contribution in [2.24, 2.45) is 5.92 Å². The maximum absolute atomic E-state index is 14.4. The summed E-state index contributed by atoms with van der Waals surface area (Å²) < 4.78 is 48.2. The first-order valence-corrected chi connectivity index (χ1v) is 16.6. The summed E-state index contributed by atoms with van der Waals surface area (Å²) in [4.78, 5) is 29.5. The van der Waals surface area contributed by atoms with Crippen molar-refractivity contribution < 1.29 is 27.1 Å². The summed E-state index contributed by atoms with van der Waals surface area (Å²) in [5, 5.41) is 3.21. The van der Waals surface area contributed by atoms with Crippen molar-refractivity contribution in [3.8, 4) is 5.75 Å². The van der Waals surface area contributed by atoms with E-state index in [0.717, 1.165) is 9.87 Å². The lowest BCUT2D eigenvalue weighted by molar-refractivity contribution is -0.140. The molecule has 0 radical (unpaired) electrons. The minimum atomic E-state index is -4.31. The van der Waals surface area contributed by atoms with Gasteiger partial charge in [-0.2, -0.15) is 0 Å². The fourth-order valence-electron chi connectivity index (χ4n) is 4.80. The molecule has 46 heavy (non-hydrogen) atoms. The molecule has 4 rings (SSSR count). The Balaban J connectivity index is 1.79. The molecule has 0 heterocycles. The molecule has 0 saturated carbocycles. The standard InChI is InChI=1S/C35H37ClFN3O5S/c1-25(2)22-38-35(42)33(20-26-8-5-4-6-9-26)39(23-27-12-14-29(37)15-13-27)34(41)24-40(30-11-7-10-28(36)21-30)46(43,44)32-18-16-31(45-3)17-19-32/h4-19,21,25,33H,20,22-24H2,1-3H3,(H,38,42). The fraction of sp³-hybridized carbons (Fsp3) is 0.257. The molecule has 1 unspecified atom stereocenters. The van der Waals surface area contributed by atoms with Crippen LogP contribution in [0.15, 0.2) is 108 Å². The van der Waals surface area contributed by atoms with Crippen LogP contribution in [0.4, 0.5) is 10.1 Å². The predicted octanol–water partition coefficient (Wildman–Crippen LogP) is 6.10. The summed E-state index contributed by atoms with van der Waals surface area (Å²) in [6, 6.07) is 25.8. The van der Waals surface area contributed by atoms with E-state index in [1.807, 2.05) is 44.2 Å². The highest BCUT2D eigenvalue weighted by Crippen LogP contribution is 2.28. The highest BCUT2D eigenvalue weighted by Gasteiger charge is 2.34. The van der Waals surface area contributed by atoms with Crippen molar-refractivity contribution in [1.82, 2.24) is 10.2 Å². The number of sulfonamides is 1. The van der Waals surface area contributed by atoms with Crippen LogP contribution in [0.25, 0.3) is 0 Å². The Kier molecular flexibility index (Phi) is 11.8. The number of methoxy groups -OCH3 is 1. The van der Waals surface area contributed by atoms with Crippen LogP contribution in [0.1, 0.15) is 25.0 Å². The van der Waals surface area contributed by atoms with E-state index in [1.54, 1.807) is 18.2 Å². The molecule has 1 N–H and O–H groups in total. The van der Waals surface area contributed by atoms with Crippen LogP contribution in [0.2, 0.25) is 5.02 Å². The third-order valence-corrected chi connectivity index (χ3v) is 9.27. The molecule has 0 aliphatic heterocycles. The molecule has 4 aromatic carbocycles. The Morgan fingerprint density at radius 1 is 0.891 bits per heavy atom. The Morgan fingerprint density at radius 3 is 2.17 bits per heavy atom. The number of anilines is 1. The number of halogens is 2. The summed E-state index contributed by atoms with van der Waals surface area (Å²) in [7, 11) is -2.84. The topological polar surface area (TPSA) is 96.0 Å². The zero-order chi connectivity index (χ0) is 33.3. The van der Waals surface area contributed by atoms with Crippen LogP contribution in [0, 0.1) is 11.7 Å². The second kappa shape index (κ2) is 15.7. The van der Waals surface area contributed by atoms with Gasteiger partial charge in [-0.15, -0.1) is 0 Å². The molecule has 4 aromatic rings. The summed E-state index contributed by atoms with van der Waals surface area (Å²) in [6.45, 7) is 3.58. The zero-order valence-corrected chi connectivity index (χ0v) is 27.5. The monoisotopic (exact) mass is 665 g/mol. The van der Waals surface area contributed by atoms with E-state index in [4.69, 9.17) is 16.3 Å². The Bertz CT molecular complexity index is 1720. The van der Waals surface area contributed by atoms with Gasteiger partial charge < -0.3 is 15.0 Å². The molecular formula is C35H37ClFN3O5S. The number of benzene rings is 4. The molecule has 0 fully saturated rings. The number of hydrogen-bond acceptors (Lipinski definition) is 5. The van der Waals surface area contributed by atoms with Crippen LogP contribution in [0.3, 0.4) is 0 Å². The van der Waals surface area contributed by atoms with Gasteiger partial charge in [0.15, 0.2) is 0 Å². The Morgan fingerprint density at radius 2 is 1.57 bits per heavy atom. The normalized spacial score (nSPS) is 12.0. The van der Waals surface area contributed by atoms with Crippen molar-refractivity contribution in [2.75, 3.05) is 24.5 Å². The highest BCUT2D eigenvalue weighted by molar-refractivity contribution is 7.92. The number of ether oxygens (including phenoxy) is 1. The van der Waals surface area contributed by atoms with Crippen molar-refractivity contribution >= 4 is 39.1 Å². The van der Waals surface area contributed by atoms with Crippen LogP contribution in [-0.4, -0.2) is 51.4 Å². The van der Waals surface area contributed by atoms with Crippen LogP contribution >= 0.6 is 11.6 Å². The minimum absolute atomic E-state index is 0.0679. The smallest absolute Gasteiger partial charge is 0.264 e. The van der Waals surface area contributed by atoms with Crippen molar-refractivity contribution in [2.45, 2.75) is 37.8 Å². The summed E-state index contributed by atoms with van der Waals surface area (Å²) in [5.41, 5.74) is 1.54. The Hall–Kier alpha value is -4.41. The third kappa shape index (κ3) is 9.08. The molecule has 2 amide bonds. The lowest BCUT2D eigenvalue weighted by Gasteiger charge is -2.34. The highest BCUT2D eigenvalue weighted by atomic mass is 35.5. The van der Waals surface area contributed by atoms with E-state index in [1.165, 1.54) is 66.6 Å². The molecule has 0 aromatic heterocycles. The van der Waals surface area contributed by atoms with Gasteiger partial charge in [-0.25, -0.2) is 12.8 Å². The molecule has 0 saturated heterocycles. The summed E-state index contributed by atoms with van der Waals surface area (Å²) >= 11 is 6.27. The van der Waals surface area contributed by atoms with E-state index in [0.29, 0.717) is 17.9 Å². The van der Waals surface area contributed by atoms with E-state index in [9.17, 15) is 22.4 Å². The number of carbonyl (C=O) groups excluding carboxylic acids is 2. The lowest BCUT2D eigenvalue weighted by Crippen LogP contribution is -2.53. The van der Waals surface area contributed by atoms with Gasteiger partial charge in [0.2, 0.25) is 11.8 Å².